The van der Waals surface area contributed by atoms with Crippen molar-refractivity contribution in [2.75, 3.05) is 13.1 Å². The molecule has 15 heavy (non-hydrogen) atoms. The van der Waals surface area contributed by atoms with Crippen molar-refractivity contribution in [3.8, 4) is 0 Å². The molecule has 0 saturated carbocycles. The van der Waals surface area contributed by atoms with Crippen LogP contribution in [0.5, 0.6) is 0 Å². The van der Waals surface area contributed by atoms with E-state index in [9.17, 15) is 13.2 Å². The van der Waals surface area contributed by atoms with Gasteiger partial charge in [-0.3, -0.25) is 5.41 Å². The molecule has 1 unspecified atom stereocenters. The van der Waals surface area contributed by atoms with Crippen molar-refractivity contribution < 1.29 is 13.2 Å². The summed E-state index contributed by atoms with van der Waals surface area (Å²) in [6.45, 7) is 2.51. The van der Waals surface area contributed by atoms with Gasteiger partial charge in [0.1, 0.15) is 0 Å². The van der Waals surface area contributed by atoms with Crippen LogP contribution in [0.1, 0.15) is 32.6 Å². The largest absolute Gasteiger partial charge is 0.393 e. The molecule has 88 valence electrons. The Hall–Kier alpha value is -0.740. The second-order valence-corrected chi connectivity index (χ2v) is 4.02. The molecule has 0 aromatic heterocycles. The topological polar surface area (TPSA) is 27.1 Å². The smallest absolute Gasteiger partial charge is 0.360 e. The minimum Gasteiger partial charge on any atom is -0.360 e. The van der Waals surface area contributed by atoms with Gasteiger partial charge < -0.3 is 4.90 Å². The highest BCUT2D eigenvalue weighted by atomic mass is 19.4. The summed E-state index contributed by atoms with van der Waals surface area (Å²) in [4.78, 5) is 1.57. The third-order valence-corrected chi connectivity index (χ3v) is 2.75. The number of hydrogen-bond acceptors (Lipinski definition) is 1. The molecule has 1 saturated heterocycles. The van der Waals surface area contributed by atoms with Gasteiger partial charge in [-0.25, -0.2) is 0 Å². The Kier molecular flexibility index (Phi) is 3.99. The highest BCUT2D eigenvalue weighted by Gasteiger charge is 2.42. The van der Waals surface area contributed by atoms with E-state index in [-0.39, 0.29) is 13.0 Å². The molecule has 0 spiro atoms. The fourth-order valence-electron chi connectivity index (χ4n) is 1.88. The van der Waals surface area contributed by atoms with Crippen LogP contribution in [0.3, 0.4) is 0 Å². The van der Waals surface area contributed by atoms with Crippen molar-refractivity contribution >= 4 is 5.84 Å². The lowest BCUT2D eigenvalue weighted by Crippen LogP contribution is -2.44. The Bertz CT molecular complexity index is 225. The van der Waals surface area contributed by atoms with Gasteiger partial charge >= 0.3 is 6.18 Å². The third kappa shape index (κ3) is 3.39. The third-order valence-electron chi connectivity index (χ3n) is 2.75. The summed E-state index contributed by atoms with van der Waals surface area (Å²) in [5, 5.41) is 7.64. The highest BCUT2D eigenvalue weighted by Crippen LogP contribution is 2.33. The zero-order valence-electron chi connectivity index (χ0n) is 8.90. The quantitative estimate of drug-likeness (QED) is 0.564. The Morgan fingerprint density at radius 3 is 2.67 bits per heavy atom. The molecule has 1 N–H and O–H groups in total. The molecule has 0 radical (unpaired) electrons. The van der Waals surface area contributed by atoms with E-state index in [0.717, 1.165) is 6.42 Å². The van der Waals surface area contributed by atoms with E-state index in [2.05, 4.69) is 0 Å². The first-order chi connectivity index (χ1) is 6.95. The van der Waals surface area contributed by atoms with E-state index in [1.165, 1.54) is 0 Å². The predicted molar refractivity (Wildman–Crippen MR) is 53.0 cm³/mol. The number of piperidine rings is 1. The van der Waals surface area contributed by atoms with Crippen LogP contribution >= 0.6 is 0 Å². The van der Waals surface area contributed by atoms with E-state index in [4.69, 9.17) is 5.41 Å². The van der Waals surface area contributed by atoms with Gasteiger partial charge in [0.2, 0.25) is 0 Å². The number of alkyl halides is 3. The summed E-state index contributed by atoms with van der Waals surface area (Å²) in [5.74, 6) is -0.894. The van der Waals surface area contributed by atoms with Crippen LogP contribution < -0.4 is 0 Å². The average molecular weight is 222 g/mol. The lowest BCUT2D eigenvalue weighted by molar-refractivity contribution is -0.183. The maximum atomic E-state index is 12.5. The number of hydrogen-bond donors (Lipinski definition) is 1. The van der Waals surface area contributed by atoms with Crippen LogP contribution in [0.2, 0.25) is 0 Å². The zero-order valence-corrected chi connectivity index (χ0v) is 8.90. The van der Waals surface area contributed by atoms with Gasteiger partial charge in [-0.05, 0) is 19.3 Å². The van der Waals surface area contributed by atoms with E-state index < -0.39 is 12.1 Å². The van der Waals surface area contributed by atoms with Crippen molar-refractivity contribution in [3.63, 3.8) is 0 Å². The van der Waals surface area contributed by atoms with Crippen molar-refractivity contribution in [1.82, 2.24) is 4.90 Å². The summed E-state index contributed by atoms with van der Waals surface area (Å²) in [5.41, 5.74) is 0. The van der Waals surface area contributed by atoms with Crippen LogP contribution in [0.25, 0.3) is 0 Å². The zero-order chi connectivity index (χ0) is 11.5. The molecular weight excluding hydrogens is 205 g/mol. The molecular formula is C10H17F3N2. The standard InChI is InChI=1S/C10H17F3N2/c1-2-4-9(14)15-6-3-5-8(7-15)10(11,12)13/h8,14H,2-7H2,1H3. The summed E-state index contributed by atoms with van der Waals surface area (Å²) in [6.07, 6.45) is -1.97. The average Bonchev–Trinajstić information content (AvgIpc) is 2.17. The SMILES string of the molecule is CCCC(=N)N1CCCC(C(F)(F)F)C1. The second kappa shape index (κ2) is 4.86. The molecule has 1 heterocycles. The van der Waals surface area contributed by atoms with Gasteiger partial charge in [0.15, 0.2) is 0 Å². The predicted octanol–water partition coefficient (Wildman–Crippen LogP) is 3.04. The van der Waals surface area contributed by atoms with Crippen molar-refractivity contribution in [3.05, 3.63) is 0 Å². The Morgan fingerprint density at radius 2 is 2.13 bits per heavy atom. The van der Waals surface area contributed by atoms with Crippen LogP contribution in [-0.4, -0.2) is 30.0 Å². The van der Waals surface area contributed by atoms with Gasteiger partial charge in [0.25, 0.3) is 0 Å². The van der Waals surface area contributed by atoms with Crippen LogP contribution in [0.15, 0.2) is 0 Å². The Morgan fingerprint density at radius 1 is 1.47 bits per heavy atom. The summed E-state index contributed by atoms with van der Waals surface area (Å²) < 4.78 is 37.4. The van der Waals surface area contributed by atoms with Gasteiger partial charge in [-0.1, -0.05) is 6.92 Å². The highest BCUT2D eigenvalue weighted by molar-refractivity contribution is 5.79. The number of amidine groups is 1. The van der Waals surface area contributed by atoms with Gasteiger partial charge in [0.05, 0.1) is 11.8 Å². The molecule has 0 amide bonds. The summed E-state index contributed by atoms with van der Waals surface area (Å²) in [7, 11) is 0. The maximum Gasteiger partial charge on any atom is 0.393 e. The van der Waals surface area contributed by atoms with E-state index in [1.54, 1.807) is 4.90 Å². The fraction of sp³-hybridized carbons (Fsp3) is 0.900. The number of nitrogens with one attached hydrogen (secondary N) is 1. The summed E-state index contributed by atoms with van der Waals surface area (Å²) in [6, 6.07) is 0. The minimum absolute atomic E-state index is 0.0255. The van der Waals surface area contributed by atoms with Crippen LogP contribution in [0.4, 0.5) is 13.2 Å². The molecule has 1 rings (SSSR count). The monoisotopic (exact) mass is 222 g/mol. The number of likely N-dealkylation sites (tertiary alicyclic amines) is 1. The molecule has 1 atom stereocenters. The Balaban J connectivity index is 2.52. The van der Waals surface area contributed by atoms with Crippen molar-refractivity contribution in [2.45, 2.75) is 38.8 Å². The minimum atomic E-state index is -4.11. The normalized spacial score (nSPS) is 22.9. The van der Waals surface area contributed by atoms with Gasteiger partial charge in [0, 0.05) is 19.5 Å². The molecule has 0 aromatic rings. The molecule has 5 heteroatoms. The Labute approximate surface area is 88.0 Å². The molecule has 1 fully saturated rings. The fourth-order valence-corrected chi connectivity index (χ4v) is 1.88. The van der Waals surface area contributed by atoms with E-state index in [0.29, 0.717) is 25.2 Å². The number of nitrogens with zero attached hydrogens (tertiary/aromatic N) is 1. The molecule has 0 aromatic carbocycles. The van der Waals surface area contributed by atoms with Crippen LogP contribution in [0, 0.1) is 11.3 Å². The van der Waals surface area contributed by atoms with Gasteiger partial charge in [-0.2, -0.15) is 13.2 Å². The molecule has 2 nitrogen and oxygen atoms in total. The number of rotatable bonds is 2. The van der Waals surface area contributed by atoms with Crippen molar-refractivity contribution in [1.29, 1.82) is 5.41 Å². The van der Waals surface area contributed by atoms with Crippen LogP contribution in [-0.2, 0) is 0 Å². The van der Waals surface area contributed by atoms with E-state index >= 15 is 0 Å². The lowest BCUT2D eigenvalue weighted by Gasteiger charge is -2.35. The van der Waals surface area contributed by atoms with Gasteiger partial charge in [-0.15, -0.1) is 0 Å². The maximum absolute atomic E-state index is 12.5. The van der Waals surface area contributed by atoms with Crippen molar-refractivity contribution in [2.24, 2.45) is 5.92 Å². The molecule has 1 aliphatic heterocycles. The molecule has 0 aliphatic carbocycles. The first-order valence-corrected chi connectivity index (χ1v) is 5.34. The van der Waals surface area contributed by atoms with E-state index in [1.807, 2.05) is 6.92 Å². The lowest BCUT2D eigenvalue weighted by atomic mass is 9.97. The molecule has 1 aliphatic rings. The summed E-state index contributed by atoms with van der Waals surface area (Å²) >= 11 is 0. The number of halogens is 3. The first kappa shape index (κ1) is 12.3. The first-order valence-electron chi connectivity index (χ1n) is 5.34. The second-order valence-electron chi connectivity index (χ2n) is 4.02. The molecule has 0 bridgehead atoms.